The molecule has 220 valence electrons. The molecule has 40 heavy (non-hydrogen) atoms. The largest absolute Gasteiger partial charge is 0.394 e. The predicted octanol–water partition coefficient (Wildman–Crippen LogP) is 8.01. The van der Waals surface area contributed by atoms with Crippen molar-refractivity contribution in [3.05, 3.63) is 41.3 Å². The summed E-state index contributed by atoms with van der Waals surface area (Å²) >= 11 is 0. The molecule has 2 aromatic carbocycles. The SMILES string of the molecule is OCC(Cc1ccccc1)N=c1c(N(C2CCCCC2)C2CCCCC2)c1N(C1CCCCC1)C1CCCCC1. The van der Waals surface area contributed by atoms with Crippen LogP contribution >= 0.6 is 0 Å². The van der Waals surface area contributed by atoms with E-state index >= 15 is 0 Å². The van der Waals surface area contributed by atoms with Gasteiger partial charge in [-0.05, 0) is 63.4 Å². The van der Waals surface area contributed by atoms with E-state index in [4.69, 9.17) is 4.99 Å². The van der Waals surface area contributed by atoms with E-state index < -0.39 is 0 Å². The zero-order valence-electron chi connectivity index (χ0n) is 25.1. The van der Waals surface area contributed by atoms with E-state index in [1.807, 2.05) is 0 Å². The van der Waals surface area contributed by atoms with E-state index in [-0.39, 0.29) is 12.6 Å². The van der Waals surface area contributed by atoms with Crippen molar-refractivity contribution in [1.29, 1.82) is 0 Å². The Morgan fingerprint density at radius 2 is 0.950 bits per heavy atom. The van der Waals surface area contributed by atoms with E-state index in [2.05, 4.69) is 40.1 Å². The average Bonchev–Trinajstić information content (AvgIpc) is 3.71. The molecule has 0 saturated heterocycles. The number of benzene rings is 1. The second-order valence-corrected chi connectivity index (χ2v) is 13.7. The summed E-state index contributed by atoms with van der Waals surface area (Å²) in [5, 5.41) is 11.8. The molecule has 2 aromatic rings. The van der Waals surface area contributed by atoms with Crippen LogP contribution in [0.2, 0.25) is 0 Å². The van der Waals surface area contributed by atoms with E-state index in [9.17, 15) is 5.11 Å². The normalized spacial score (nSPS) is 23.3. The lowest BCUT2D eigenvalue weighted by Gasteiger charge is -2.44. The van der Waals surface area contributed by atoms with Gasteiger partial charge in [-0.3, -0.25) is 4.99 Å². The van der Waals surface area contributed by atoms with Crippen LogP contribution in [0.25, 0.3) is 0 Å². The molecule has 1 atom stereocenters. The fourth-order valence-electron chi connectivity index (χ4n) is 8.75. The first-order valence-electron chi connectivity index (χ1n) is 17.4. The van der Waals surface area contributed by atoms with Crippen molar-refractivity contribution in [3.8, 4) is 0 Å². The number of hydrogen-bond donors (Lipinski definition) is 1. The molecule has 4 aliphatic rings. The molecule has 4 saturated carbocycles. The fraction of sp³-hybridized carbons (Fsp3) is 0.750. The fourth-order valence-corrected chi connectivity index (χ4v) is 8.75. The van der Waals surface area contributed by atoms with Crippen molar-refractivity contribution >= 4 is 11.4 Å². The van der Waals surface area contributed by atoms with Crippen LogP contribution in [-0.2, 0) is 6.42 Å². The first-order valence-corrected chi connectivity index (χ1v) is 17.4. The Morgan fingerprint density at radius 3 is 1.30 bits per heavy atom. The first kappa shape index (κ1) is 28.3. The van der Waals surface area contributed by atoms with Gasteiger partial charge in [0.2, 0.25) is 0 Å². The lowest BCUT2D eigenvalue weighted by molar-refractivity contribution is 0.264. The van der Waals surface area contributed by atoms with Gasteiger partial charge in [0.1, 0.15) is 5.36 Å². The number of rotatable bonds is 10. The van der Waals surface area contributed by atoms with Crippen molar-refractivity contribution in [3.63, 3.8) is 0 Å². The minimum Gasteiger partial charge on any atom is -0.394 e. The molecule has 0 aromatic heterocycles. The van der Waals surface area contributed by atoms with Crippen LogP contribution in [0.4, 0.5) is 11.4 Å². The predicted molar refractivity (Wildman–Crippen MR) is 168 cm³/mol. The first-order chi connectivity index (χ1) is 19.8. The molecule has 4 heteroatoms. The zero-order valence-corrected chi connectivity index (χ0v) is 25.1. The molecule has 0 heterocycles. The summed E-state index contributed by atoms with van der Waals surface area (Å²) in [4.78, 5) is 11.4. The van der Waals surface area contributed by atoms with Crippen LogP contribution in [0.15, 0.2) is 35.3 Å². The average molecular weight is 546 g/mol. The molecule has 6 rings (SSSR count). The quantitative estimate of drug-likeness (QED) is 0.329. The molecule has 1 unspecified atom stereocenters. The lowest BCUT2D eigenvalue weighted by atomic mass is 9.88. The molecule has 0 radical (unpaired) electrons. The van der Waals surface area contributed by atoms with Crippen LogP contribution in [0, 0.1) is 0 Å². The highest BCUT2D eigenvalue weighted by Crippen LogP contribution is 2.45. The lowest BCUT2D eigenvalue weighted by Crippen LogP contribution is -2.46. The zero-order chi connectivity index (χ0) is 27.1. The third kappa shape index (κ3) is 6.63. The van der Waals surface area contributed by atoms with Crippen molar-refractivity contribution in [1.82, 2.24) is 0 Å². The summed E-state index contributed by atoms with van der Waals surface area (Å²) in [7, 11) is 0. The van der Waals surface area contributed by atoms with Crippen LogP contribution in [-0.4, -0.2) is 41.9 Å². The standard InChI is InChI=1S/C36H55N3O/c40-27-29(26-28-16-6-1-7-17-28)37-34-35(38(30-18-8-2-9-19-30)31-20-10-3-11-21-31)36(34)39(32-22-12-4-13-23-32)33-24-14-5-15-25-33/h1,6-7,16-17,29-33,40H,2-5,8-15,18-27H2. The molecule has 0 bridgehead atoms. The van der Waals surface area contributed by atoms with E-state index in [1.54, 1.807) is 0 Å². The maximum absolute atomic E-state index is 10.6. The minimum atomic E-state index is -0.0657. The van der Waals surface area contributed by atoms with Gasteiger partial charge < -0.3 is 14.9 Å². The van der Waals surface area contributed by atoms with Gasteiger partial charge in [0, 0.05) is 24.2 Å². The minimum absolute atomic E-state index is 0.0657. The molecule has 4 nitrogen and oxygen atoms in total. The number of aliphatic hydroxyl groups is 1. The third-order valence-corrected chi connectivity index (χ3v) is 10.8. The summed E-state index contributed by atoms with van der Waals surface area (Å²) < 4.78 is 0. The monoisotopic (exact) mass is 545 g/mol. The smallest absolute Gasteiger partial charge is 0.109 e. The second kappa shape index (κ2) is 13.9. The molecule has 4 aliphatic carbocycles. The summed E-state index contributed by atoms with van der Waals surface area (Å²) in [5.41, 5.74) is 4.34. The number of hydrogen-bond acceptors (Lipinski definition) is 4. The maximum atomic E-state index is 10.6. The Morgan fingerprint density at radius 1 is 0.575 bits per heavy atom. The highest BCUT2D eigenvalue weighted by atomic mass is 16.3. The molecule has 0 spiro atoms. The van der Waals surface area contributed by atoms with Gasteiger partial charge in [-0.15, -0.1) is 0 Å². The van der Waals surface area contributed by atoms with Gasteiger partial charge in [-0.1, -0.05) is 107 Å². The number of anilines is 2. The van der Waals surface area contributed by atoms with Crippen molar-refractivity contribution in [2.45, 2.75) is 165 Å². The van der Waals surface area contributed by atoms with Crippen LogP contribution in [0.1, 0.15) is 134 Å². The Bertz CT molecular complexity index is 941. The Hall–Kier alpha value is -1.81. The van der Waals surface area contributed by atoms with Crippen LogP contribution < -0.4 is 15.2 Å². The molecule has 1 N–H and O–H groups in total. The molecule has 4 fully saturated rings. The summed E-state index contributed by atoms with van der Waals surface area (Å²) in [5.74, 6) is 0. The van der Waals surface area contributed by atoms with Crippen molar-refractivity contribution in [2.75, 3.05) is 16.4 Å². The Labute approximate surface area is 243 Å². The van der Waals surface area contributed by atoms with Crippen LogP contribution in [0.3, 0.4) is 0 Å². The molecule has 0 amide bonds. The summed E-state index contributed by atoms with van der Waals surface area (Å²) in [6, 6.07) is 13.3. The van der Waals surface area contributed by atoms with Gasteiger partial charge in [-0.2, -0.15) is 0 Å². The molecule has 0 aliphatic heterocycles. The topological polar surface area (TPSA) is 39.1 Å². The van der Waals surface area contributed by atoms with Gasteiger partial charge in [-0.25, -0.2) is 0 Å². The van der Waals surface area contributed by atoms with Gasteiger partial charge in [0.05, 0.1) is 24.0 Å². The van der Waals surface area contributed by atoms with Crippen LogP contribution in [0.5, 0.6) is 0 Å². The summed E-state index contributed by atoms with van der Waals surface area (Å²) in [6.07, 6.45) is 28.3. The number of nitrogens with zero attached hydrogens (tertiary/aromatic N) is 3. The highest BCUT2D eigenvalue weighted by molar-refractivity contribution is 5.86. The maximum Gasteiger partial charge on any atom is 0.109 e. The van der Waals surface area contributed by atoms with Gasteiger partial charge in [0.15, 0.2) is 0 Å². The second-order valence-electron chi connectivity index (χ2n) is 13.7. The van der Waals surface area contributed by atoms with Crippen molar-refractivity contribution in [2.24, 2.45) is 4.99 Å². The third-order valence-electron chi connectivity index (χ3n) is 10.8. The highest BCUT2D eigenvalue weighted by Gasteiger charge is 2.42. The Kier molecular flexibility index (Phi) is 9.84. The molecular formula is C36H55N3O. The van der Waals surface area contributed by atoms with E-state index in [1.165, 1.54) is 151 Å². The van der Waals surface area contributed by atoms with Gasteiger partial charge in [0.25, 0.3) is 0 Å². The number of aliphatic hydroxyl groups excluding tert-OH is 1. The summed E-state index contributed by atoms with van der Waals surface area (Å²) in [6.45, 7) is 0.124. The van der Waals surface area contributed by atoms with E-state index in [0.717, 1.165) is 6.42 Å². The van der Waals surface area contributed by atoms with Gasteiger partial charge >= 0.3 is 0 Å². The Balaban J connectivity index is 1.41. The van der Waals surface area contributed by atoms with E-state index in [0.29, 0.717) is 24.2 Å². The molecular weight excluding hydrogens is 490 g/mol. The van der Waals surface area contributed by atoms with Crippen molar-refractivity contribution < 1.29 is 5.11 Å².